The minimum Gasteiger partial charge on any atom is -0.486 e. The molecule has 4 rings (SSSR count). The molecule has 29 heavy (non-hydrogen) atoms. The second kappa shape index (κ2) is 8.26. The van der Waals surface area contributed by atoms with Gasteiger partial charge in [-0.1, -0.05) is 0 Å². The molecule has 156 valence electrons. The van der Waals surface area contributed by atoms with Crippen LogP contribution < -0.4 is 9.47 Å². The van der Waals surface area contributed by atoms with Crippen LogP contribution in [0.2, 0.25) is 0 Å². The Balaban J connectivity index is 1.42. The predicted octanol–water partition coefficient (Wildman–Crippen LogP) is 1.99. The van der Waals surface area contributed by atoms with Crippen LogP contribution in [0, 0.1) is 0 Å². The van der Waals surface area contributed by atoms with Gasteiger partial charge >= 0.3 is 0 Å². The number of carbonyl (C=O) groups is 3. The molecule has 0 unspecified atom stereocenters. The molecule has 0 aliphatic carbocycles. The van der Waals surface area contributed by atoms with Gasteiger partial charge in [0.2, 0.25) is 5.91 Å². The minimum absolute atomic E-state index is 0.0177. The Morgan fingerprint density at radius 2 is 1.86 bits per heavy atom. The number of benzene rings is 1. The van der Waals surface area contributed by atoms with E-state index in [-0.39, 0.29) is 24.2 Å². The number of ether oxygens (including phenoxy) is 2. The first-order valence-electron chi connectivity index (χ1n) is 10.1. The van der Waals surface area contributed by atoms with Gasteiger partial charge in [-0.15, -0.1) is 0 Å². The van der Waals surface area contributed by atoms with Crippen LogP contribution >= 0.6 is 11.8 Å². The van der Waals surface area contributed by atoms with Gasteiger partial charge < -0.3 is 19.3 Å². The van der Waals surface area contributed by atoms with Crippen LogP contribution in [0.15, 0.2) is 18.2 Å². The van der Waals surface area contributed by atoms with Crippen LogP contribution in [0.5, 0.6) is 11.5 Å². The number of thioether (sulfide) groups is 1. The molecule has 0 bridgehead atoms. The lowest BCUT2D eigenvalue weighted by Crippen LogP contribution is -2.51. The van der Waals surface area contributed by atoms with Crippen LogP contribution in [-0.4, -0.2) is 77.3 Å². The van der Waals surface area contributed by atoms with Gasteiger partial charge in [0.05, 0.1) is 12.0 Å². The third-order valence-electron chi connectivity index (χ3n) is 5.91. The molecule has 0 atom stereocenters. The summed E-state index contributed by atoms with van der Waals surface area (Å²) in [5.41, 5.74) is -0.00740. The number of rotatable bonds is 3. The number of ketones is 1. The first-order chi connectivity index (χ1) is 14.0. The zero-order valence-corrected chi connectivity index (χ0v) is 17.5. The Kier molecular flexibility index (Phi) is 5.72. The van der Waals surface area contributed by atoms with Crippen molar-refractivity contribution < 1.29 is 23.9 Å². The van der Waals surface area contributed by atoms with Gasteiger partial charge in [0.25, 0.3) is 5.91 Å². The van der Waals surface area contributed by atoms with E-state index in [1.165, 1.54) is 0 Å². The Hall–Kier alpha value is -2.22. The van der Waals surface area contributed by atoms with Gasteiger partial charge in [0.1, 0.15) is 17.1 Å². The quantitative estimate of drug-likeness (QED) is 0.747. The summed E-state index contributed by atoms with van der Waals surface area (Å²) < 4.78 is 12.0. The van der Waals surface area contributed by atoms with E-state index >= 15 is 0 Å². The fourth-order valence-corrected chi connectivity index (χ4v) is 5.02. The molecule has 8 heteroatoms. The van der Waals surface area contributed by atoms with Crippen LogP contribution in [0.1, 0.15) is 36.5 Å². The average Bonchev–Trinajstić information content (AvgIpc) is 2.72. The number of hydrogen-bond acceptors (Lipinski definition) is 6. The molecule has 1 aromatic rings. The van der Waals surface area contributed by atoms with Crippen molar-refractivity contribution in [2.45, 2.75) is 31.8 Å². The number of piperidine rings is 1. The third kappa shape index (κ3) is 4.37. The third-order valence-corrected chi connectivity index (χ3v) is 6.85. The SMILES string of the molecule is CC(=O)N1CCC2(CC1)CC(=O)c1ccc(OCC(=O)N3CCSCC3)cc1O2. The fourth-order valence-electron chi connectivity index (χ4n) is 4.12. The topological polar surface area (TPSA) is 76.2 Å². The molecule has 3 aliphatic rings. The number of fused-ring (bicyclic) bond motifs is 1. The summed E-state index contributed by atoms with van der Waals surface area (Å²) in [7, 11) is 0. The van der Waals surface area contributed by atoms with E-state index in [0.29, 0.717) is 49.4 Å². The molecule has 0 radical (unpaired) electrons. The van der Waals surface area contributed by atoms with Crippen molar-refractivity contribution in [3.63, 3.8) is 0 Å². The second-order valence-electron chi connectivity index (χ2n) is 7.83. The summed E-state index contributed by atoms with van der Waals surface area (Å²) in [4.78, 5) is 40.2. The number of amides is 2. The molecule has 2 saturated heterocycles. The molecule has 0 N–H and O–H groups in total. The maximum Gasteiger partial charge on any atom is 0.260 e. The number of Topliss-reactive ketones (excluding diaryl/α,β-unsaturated/α-hetero) is 1. The van der Waals surface area contributed by atoms with Gasteiger partial charge in [-0.05, 0) is 12.1 Å². The molecule has 0 saturated carbocycles. The molecule has 2 fully saturated rings. The van der Waals surface area contributed by atoms with Crippen molar-refractivity contribution in [2.24, 2.45) is 0 Å². The molecule has 1 aromatic carbocycles. The predicted molar refractivity (Wildman–Crippen MR) is 110 cm³/mol. The summed E-state index contributed by atoms with van der Waals surface area (Å²) in [6.45, 7) is 4.25. The number of hydrogen-bond donors (Lipinski definition) is 0. The maximum atomic E-state index is 12.7. The minimum atomic E-state index is -0.560. The highest BCUT2D eigenvalue weighted by Crippen LogP contribution is 2.40. The first-order valence-corrected chi connectivity index (χ1v) is 11.2. The summed E-state index contributed by atoms with van der Waals surface area (Å²) in [5.74, 6) is 3.04. The zero-order valence-electron chi connectivity index (χ0n) is 16.6. The lowest BCUT2D eigenvalue weighted by molar-refractivity contribution is -0.133. The lowest BCUT2D eigenvalue weighted by Gasteiger charge is -2.43. The number of carbonyl (C=O) groups excluding carboxylic acids is 3. The normalized spacial score (nSPS) is 20.8. The number of likely N-dealkylation sites (tertiary alicyclic amines) is 1. The van der Waals surface area contributed by atoms with Crippen molar-refractivity contribution in [3.8, 4) is 11.5 Å². The Morgan fingerprint density at radius 3 is 2.55 bits per heavy atom. The Morgan fingerprint density at radius 1 is 1.14 bits per heavy atom. The monoisotopic (exact) mass is 418 g/mol. The molecular formula is C21H26N2O5S. The summed E-state index contributed by atoms with van der Waals surface area (Å²) in [6, 6.07) is 5.15. The molecular weight excluding hydrogens is 392 g/mol. The molecule has 0 aromatic heterocycles. The smallest absolute Gasteiger partial charge is 0.260 e. The van der Waals surface area contributed by atoms with Gasteiger partial charge in [0, 0.05) is 63.5 Å². The van der Waals surface area contributed by atoms with E-state index in [2.05, 4.69) is 0 Å². The largest absolute Gasteiger partial charge is 0.486 e. The van der Waals surface area contributed by atoms with Gasteiger partial charge in [-0.3, -0.25) is 14.4 Å². The van der Waals surface area contributed by atoms with Crippen molar-refractivity contribution in [1.29, 1.82) is 0 Å². The fraction of sp³-hybridized carbons (Fsp3) is 0.571. The molecule has 1 spiro atoms. The lowest BCUT2D eigenvalue weighted by atomic mass is 9.82. The molecule has 3 heterocycles. The highest BCUT2D eigenvalue weighted by atomic mass is 32.2. The maximum absolute atomic E-state index is 12.7. The highest BCUT2D eigenvalue weighted by Gasteiger charge is 2.43. The van der Waals surface area contributed by atoms with Gasteiger partial charge in [-0.25, -0.2) is 0 Å². The van der Waals surface area contributed by atoms with E-state index < -0.39 is 5.60 Å². The second-order valence-corrected chi connectivity index (χ2v) is 9.06. The highest BCUT2D eigenvalue weighted by molar-refractivity contribution is 7.99. The van der Waals surface area contributed by atoms with E-state index in [4.69, 9.17) is 9.47 Å². The van der Waals surface area contributed by atoms with E-state index in [0.717, 1.165) is 24.6 Å². The van der Waals surface area contributed by atoms with E-state index in [9.17, 15) is 14.4 Å². The standard InChI is InChI=1S/C21H26N2O5S/c1-15(24)22-6-4-21(5-7-22)13-18(25)17-3-2-16(12-19(17)28-21)27-14-20(26)23-8-10-29-11-9-23/h2-3,12H,4-11,13-14H2,1H3. The molecule has 2 amide bonds. The summed E-state index contributed by atoms with van der Waals surface area (Å²) in [6.07, 6.45) is 1.60. The summed E-state index contributed by atoms with van der Waals surface area (Å²) >= 11 is 1.85. The van der Waals surface area contributed by atoms with Crippen molar-refractivity contribution in [2.75, 3.05) is 44.3 Å². The average molecular weight is 419 g/mol. The van der Waals surface area contributed by atoms with Crippen LogP contribution in [0.4, 0.5) is 0 Å². The van der Waals surface area contributed by atoms with Crippen molar-refractivity contribution in [3.05, 3.63) is 23.8 Å². The molecule has 7 nitrogen and oxygen atoms in total. The van der Waals surface area contributed by atoms with Crippen LogP contribution in [0.25, 0.3) is 0 Å². The Bertz CT molecular complexity index is 813. The van der Waals surface area contributed by atoms with Crippen LogP contribution in [0.3, 0.4) is 0 Å². The van der Waals surface area contributed by atoms with Gasteiger partial charge in [0.15, 0.2) is 12.4 Å². The zero-order chi connectivity index (χ0) is 20.4. The first kappa shape index (κ1) is 20.1. The van der Waals surface area contributed by atoms with Crippen molar-refractivity contribution >= 4 is 29.4 Å². The van der Waals surface area contributed by atoms with E-state index in [1.54, 1.807) is 30.0 Å². The summed E-state index contributed by atoms with van der Waals surface area (Å²) in [5, 5.41) is 0. The Labute approximate surface area is 174 Å². The van der Waals surface area contributed by atoms with Crippen LogP contribution in [-0.2, 0) is 9.59 Å². The van der Waals surface area contributed by atoms with Gasteiger partial charge in [-0.2, -0.15) is 11.8 Å². The van der Waals surface area contributed by atoms with E-state index in [1.807, 2.05) is 16.7 Å². The van der Waals surface area contributed by atoms with Crippen molar-refractivity contribution in [1.82, 2.24) is 9.80 Å². The number of nitrogens with zero attached hydrogens (tertiary/aromatic N) is 2. The molecule has 3 aliphatic heterocycles.